The Morgan fingerprint density at radius 2 is 2.08 bits per heavy atom. The standard InChI is InChI=1S/C12H25N/c1-5-6-11-8-13-9-12(3,4)7-10(11)2/h10-11,13H,5-9H2,1-4H3. The maximum atomic E-state index is 3.60. The van der Waals surface area contributed by atoms with E-state index in [0.717, 1.165) is 11.8 Å². The molecule has 2 unspecified atom stereocenters. The summed E-state index contributed by atoms with van der Waals surface area (Å²) in [6, 6.07) is 0. The van der Waals surface area contributed by atoms with Crippen molar-refractivity contribution in [1.29, 1.82) is 0 Å². The van der Waals surface area contributed by atoms with E-state index in [1.165, 1.54) is 32.4 Å². The van der Waals surface area contributed by atoms with Gasteiger partial charge in [0.1, 0.15) is 0 Å². The number of nitrogens with one attached hydrogen (secondary N) is 1. The van der Waals surface area contributed by atoms with Crippen molar-refractivity contribution in [2.75, 3.05) is 13.1 Å². The molecule has 1 rings (SSSR count). The lowest BCUT2D eigenvalue weighted by atomic mass is 9.79. The molecule has 2 atom stereocenters. The highest BCUT2D eigenvalue weighted by atomic mass is 14.9. The summed E-state index contributed by atoms with van der Waals surface area (Å²) in [4.78, 5) is 0. The maximum Gasteiger partial charge on any atom is 0.000274 e. The van der Waals surface area contributed by atoms with Crippen molar-refractivity contribution >= 4 is 0 Å². The van der Waals surface area contributed by atoms with Crippen LogP contribution in [-0.2, 0) is 0 Å². The largest absolute Gasteiger partial charge is 0.316 e. The zero-order chi connectivity index (χ0) is 9.90. The van der Waals surface area contributed by atoms with Gasteiger partial charge in [0.05, 0.1) is 0 Å². The predicted molar refractivity (Wildman–Crippen MR) is 58.8 cm³/mol. The van der Waals surface area contributed by atoms with E-state index in [1.807, 2.05) is 0 Å². The third-order valence-corrected chi connectivity index (χ3v) is 3.35. The van der Waals surface area contributed by atoms with Crippen LogP contribution >= 0.6 is 0 Å². The minimum Gasteiger partial charge on any atom is -0.316 e. The minimum absolute atomic E-state index is 0.502. The highest BCUT2D eigenvalue weighted by Gasteiger charge is 2.28. The first-order chi connectivity index (χ1) is 6.05. The molecule has 0 bridgehead atoms. The van der Waals surface area contributed by atoms with Crippen LogP contribution in [0.4, 0.5) is 0 Å². The Morgan fingerprint density at radius 3 is 2.69 bits per heavy atom. The van der Waals surface area contributed by atoms with Crippen molar-refractivity contribution in [2.24, 2.45) is 17.3 Å². The average molecular weight is 183 g/mol. The molecule has 1 aliphatic heterocycles. The second-order valence-corrected chi connectivity index (χ2v) is 5.53. The monoisotopic (exact) mass is 183 g/mol. The van der Waals surface area contributed by atoms with Crippen LogP contribution in [0.3, 0.4) is 0 Å². The lowest BCUT2D eigenvalue weighted by Gasteiger charge is -2.26. The Labute approximate surface area is 83.3 Å². The van der Waals surface area contributed by atoms with E-state index < -0.39 is 0 Å². The molecule has 1 saturated heterocycles. The highest BCUT2D eigenvalue weighted by molar-refractivity contribution is 4.82. The first-order valence-corrected chi connectivity index (χ1v) is 5.76. The van der Waals surface area contributed by atoms with Gasteiger partial charge in [-0.25, -0.2) is 0 Å². The molecule has 1 fully saturated rings. The van der Waals surface area contributed by atoms with Crippen LogP contribution in [0, 0.1) is 17.3 Å². The topological polar surface area (TPSA) is 12.0 Å². The number of hydrogen-bond acceptors (Lipinski definition) is 1. The van der Waals surface area contributed by atoms with Crippen LogP contribution in [0.2, 0.25) is 0 Å². The van der Waals surface area contributed by atoms with Crippen molar-refractivity contribution in [2.45, 2.75) is 47.0 Å². The second kappa shape index (κ2) is 4.45. The van der Waals surface area contributed by atoms with Gasteiger partial charge < -0.3 is 5.32 Å². The second-order valence-electron chi connectivity index (χ2n) is 5.53. The van der Waals surface area contributed by atoms with Crippen LogP contribution in [-0.4, -0.2) is 13.1 Å². The lowest BCUT2D eigenvalue weighted by molar-refractivity contribution is 0.255. The smallest absolute Gasteiger partial charge is 0.000274 e. The van der Waals surface area contributed by atoms with Gasteiger partial charge in [-0.2, -0.15) is 0 Å². The molecule has 0 aliphatic carbocycles. The summed E-state index contributed by atoms with van der Waals surface area (Å²) in [6.07, 6.45) is 4.10. The molecule has 0 radical (unpaired) electrons. The summed E-state index contributed by atoms with van der Waals surface area (Å²) < 4.78 is 0. The van der Waals surface area contributed by atoms with Crippen LogP contribution in [0.1, 0.15) is 47.0 Å². The van der Waals surface area contributed by atoms with Gasteiger partial charge in [0.2, 0.25) is 0 Å². The van der Waals surface area contributed by atoms with Gasteiger partial charge in [0.25, 0.3) is 0 Å². The fourth-order valence-electron chi connectivity index (χ4n) is 2.66. The summed E-state index contributed by atoms with van der Waals surface area (Å²) in [7, 11) is 0. The molecule has 0 aromatic heterocycles. The van der Waals surface area contributed by atoms with Crippen LogP contribution < -0.4 is 5.32 Å². The third-order valence-electron chi connectivity index (χ3n) is 3.35. The first-order valence-electron chi connectivity index (χ1n) is 5.76. The molecule has 0 aromatic carbocycles. The van der Waals surface area contributed by atoms with E-state index in [1.54, 1.807) is 0 Å². The fraction of sp³-hybridized carbons (Fsp3) is 1.00. The molecule has 0 amide bonds. The van der Waals surface area contributed by atoms with E-state index in [9.17, 15) is 0 Å². The Balaban J connectivity index is 2.52. The zero-order valence-electron chi connectivity index (χ0n) is 9.69. The van der Waals surface area contributed by atoms with Crippen LogP contribution in [0.15, 0.2) is 0 Å². The summed E-state index contributed by atoms with van der Waals surface area (Å²) >= 11 is 0. The van der Waals surface area contributed by atoms with Crippen molar-refractivity contribution in [3.8, 4) is 0 Å². The van der Waals surface area contributed by atoms with Gasteiger partial charge in [0.15, 0.2) is 0 Å². The molecule has 1 heterocycles. The molecule has 0 spiro atoms. The third kappa shape index (κ3) is 3.30. The van der Waals surface area contributed by atoms with E-state index in [2.05, 4.69) is 33.0 Å². The molecule has 1 N–H and O–H groups in total. The van der Waals surface area contributed by atoms with Gasteiger partial charge in [-0.05, 0) is 36.6 Å². The lowest BCUT2D eigenvalue weighted by Crippen LogP contribution is -2.28. The average Bonchev–Trinajstić information content (AvgIpc) is 2.11. The minimum atomic E-state index is 0.502. The summed E-state index contributed by atoms with van der Waals surface area (Å²) in [6.45, 7) is 11.9. The highest BCUT2D eigenvalue weighted by Crippen LogP contribution is 2.32. The van der Waals surface area contributed by atoms with Gasteiger partial charge in [0, 0.05) is 6.54 Å². The van der Waals surface area contributed by atoms with E-state index in [0.29, 0.717) is 5.41 Å². The van der Waals surface area contributed by atoms with Gasteiger partial charge in [-0.1, -0.05) is 34.1 Å². The Hall–Kier alpha value is -0.0400. The molecule has 1 aliphatic rings. The van der Waals surface area contributed by atoms with E-state index in [-0.39, 0.29) is 0 Å². The molecule has 0 aromatic rings. The van der Waals surface area contributed by atoms with Crippen LogP contribution in [0.25, 0.3) is 0 Å². The quantitative estimate of drug-likeness (QED) is 0.694. The Kier molecular flexibility index (Phi) is 3.78. The predicted octanol–water partition coefficient (Wildman–Crippen LogP) is 3.06. The van der Waals surface area contributed by atoms with Crippen LogP contribution in [0.5, 0.6) is 0 Å². The molecular formula is C12H25N. The fourth-order valence-corrected chi connectivity index (χ4v) is 2.66. The molecule has 13 heavy (non-hydrogen) atoms. The van der Waals surface area contributed by atoms with Crippen molar-refractivity contribution < 1.29 is 0 Å². The molecule has 0 saturated carbocycles. The molecular weight excluding hydrogens is 158 g/mol. The Bertz CT molecular complexity index is 151. The first kappa shape index (κ1) is 11.0. The van der Waals surface area contributed by atoms with Gasteiger partial charge >= 0.3 is 0 Å². The normalized spacial score (nSPS) is 34.2. The van der Waals surface area contributed by atoms with Gasteiger partial charge in [-0.3, -0.25) is 0 Å². The SMILES string of the molecule is CCCC1CNCC(C)(C)CC1C. The van der Waals surface area contributed by atoms with E-state index >= 15 is 0 Å². The van der Waals surface area contributed by atoms with Crippen molar-refractivity contribution in [1.82, 2.24) is 5.32 Å². The van der Waals surface area contributed by atoms with Gasteiger partial charge in [-0.15, -0.1) is 0 Å². The Morgan fingerprint density at radius 1 is 1.38 bits per heavy atom. The summed E-state index contributed by atoms with van der Waals surface area (Å²) in [5, 5.41) is 3.60. The molecule has 1 heteroatoms. The summed E-state index contributed by atoms with van der Waals surface area (Å²) in [5.74, 6) is 1.80. The number of rotatable bonds is 2. The molecule has 78 valence electrons. The summed E-state index contributed by atoms with van der Waals surface area (Å²) in [5.41, 5.74) is 0.502. The van der Waals surface area contributed by atoms with Crippen molar-refractivity contribution in [3.63, 3.8) is 0 Å². The molecule has 1 nitrogen and oxygen atoms in total. The maximum absolute atomic E-state index is 3.60. The zero-order valence-corrected chi connectivity index (χ0v) is 9.69. The van der Waals surface area contributed by atoms with E-state index in [4.69, 9.17) is 0 Å². The number of hydrogen-bond donors (Lipinski definition) is 1. The van der Waals surface area contributed by atoms with Crippen molar-refractivity contribution in [3.05, 3.63) is 0 Å².